The second-order valence-electron chi connectivity index (χ2n) is 11.0. The van der Waals surface area contributed by atoms with Gasteiger partial charge in [-0.25, -0.2) is 4.79 Å². The lowest BCUT2D eigenvalue weighted by Gasteiger charge is -2.22. The number of aromatic nitrogens is 1. The van der Waals surface area contributed by atoms with Crippen molar-refractivity contribution in [1.29, 1.82) is 0 Å². The third-order valence-corrected chi connectivity index (χ3v) is 7.61. The van der Waals surface area contributed by atoms with Crippen LogP contribution in [0.1, 0.15) is 77.8 Å². The molecule has 0 bridgehead atoms. The molecule has 0 spiro atoms. The minimum absolute atomic E-state index is 0.161. The maximum Gasteiger partial charge on any atom is 0.326 e. The van der Waals surface area contributed by atoms with Gasteiger partial charge in [-0.05, 0) is 86.1 Å². The zero-order valence-corrected chi connectivity index (χ0v) is 24.0. The minimum Gasteiger partial charge on any atom is -0.506 e. The molecule has 1 aromatic heterocycles. The van der Waals surface area contributed by atoms with E-state index < -0.39 is 12.0 Å². The lowest BCUT2D eigenvalue weighted by molar-refractivity contribution is -0.141. The molecule has 2 aromatic carbocycles. The van der Waals surface area contributed by atoms with Crippen LogP contribution in [0.15, 0.2) is 60.9 Å². The molecule has 0 saturated carbocycles. The lowest BCUT2D eigenvalue weighted by Crippen LogP contribution is -2.40. The average Bonchev–Trinajstić information content (AvgIpc) is 3.46. The van der Waals surface area contributed by atoms with Gasteiger partial charge in [-0.15, -0.1) is 0 Å². The molecule has 4 rings (SSSR count). The van der Waals surface area contributed by atoms with Gasteiger partial charge in [0.2, 0.25) is 0 Å². The number of hydrogen-bond acceptors (Lipinski definition) is 6. The SMILES string of the molecule is CC(CCc1ccc(N(C)c2cncc(C(C)C)c2)c(O)c1)NC(=O)c1cccc(C(=O)N2CCC[C@H]2C(=O)O)c1. The van der Waals surface area contributed by atoms with E-state index in [0.717, 1.165) is 16.8 Å². The Morgan fingerprint density at radius 3 is 2.54 bits per heavy atom. The Morgan fingerprint density at radius 2 is 1.83 bits per heavy atom. The molecule has 0 aliphatic carbocycles. The predicted octanol–water partition coefficient (Wildman–Crippen LogP) is 5.12. The number of nitrogens with one attached hydrogen (secondary N) is 1. The summed E-state index contributed by atoms with van der Waals surface area (Å²) in [6.45, 7) is 6.52. The minimum atomic E-state index is -1.01. The molecule has 3 N–H and O–H groups in total. The number of benzene rings is 2. The van der Waals surface area contributed by atoms with Crippen molar-refractivity contribution in [2.75, 3.05) is 18.5 Å². The van der Waals surface area contributed by atoms with E-state index in [1.165, 1.54) is 11.0 Å². The standard InChI is InChI=1S/C32H38N4O5/c1-20(2)25-17-26(19-33-18-25)35(4)27-13-12-22(15-29(27)37)11-10-21(3)34-30(38)23-7-5-8-24(16-23)31(39)36-14-6-9-28(36)32(40)41/h5,7-8,12-13,15-21,28,37H,6,9-11,14H2,1-4H3,(H,34,38)(H,40,41)/t21?,28-/m0/s1. The summed E-state index contributed by atoms with van der Waals surface area (Å²) in [7, 11) is 1.89. The maximum atomic E-state index is 12.9. The Kier molecular flexibility index (Phi) is 9.27. The van der Waals surface area contributed by atoms with E-state index in [9.17, 15) is 24.6 Å². The molecule has 1 saturated heterocycles. The molecule has 9 nitrogen and oxygen atoms in total. The van der Waals surface area contributed by atoms with Crippen LogP contribution in [0.2, 0.25) is 0 Å². The normalized spacial score (nSPS) is 15.5. The van der Waals surface area contributed by atoms with Gasteiger partial charge in [0.05, 0.1) is 17.6 Å². The predicted molar refractivity (Wildman–Crippen MR) is 158 cm³/mol. The van der Waals surface area contributed by atoms with Crippen LogP contribution < -0.4 is 10.2 Å². The number of rotatable bonds is 10. The summed E-state index contributed by atoms with van der Waals surface area (Å²) < 4.78 is 0. The van der Waals surface area contributed by atoms with Crippen molar-refractivity contribution in [3.63, 3.8) is 0 Å². The number of anilines is 2. The van der Waals surface area contributed by atoms with Crippen LogP contribution in [0.3, 0.4) is 0 Å². The van der Waals surface area contributed by atoms with Crippen LogP contribution in [-0.2, 0) is 11.2 Å². The highest BCUT2D eigenvalue weighted by Gasteiger charge is 2.34. The van der Waals surface area contributed by atoms with E-state index in [1.807, 2.05) is 37.2 Å². The van der Waals surface area contributed by atoms with Gasteiger partial charge in [0.1, 0.15) is 11.8 Å². The quantitative estimate of drug-likeness (QED) is 0.316. The summed E-state index contributed by atoms with van der Waals surface area (Å²) >= 11 is 0. The first kappa shape index (κ1) is 29.6. The van der Waals surface area contributed by atoms with Crippen LogP contribution in [0.25, 0.3) is 0 Å². The average molecular weight is 559 g/mol. The number of hydrogen-bond donors (Lipinski definition) is 3. The molecule has 1 unspecified atom stereocenters. The second kappa shape index (κ2) is 12.8. The van der Waals surface area contributed by atoms with Crippen molar-refractivity contribution < 1.29 is 24.6 Å². The fraction of sp³-hybridized carbons (Fsp3) is 0.375. The van der Waals surface area contributed by atoms with E-state index in [1.54, 1.807) is 30.5 Å². The van der Waals surface area contributed by atoms with Gasteiger partial charge in [0.25, 0.3) is 11.8 Å². The zero-order chi connectivity index (χ0) is 29.7. The molecule has 1 aliphatic heterocycles. The van der Waals surface area contributed by atoms with Crippen molar-refractivity contribution in [3.8, 4) is 5.75 Å². The van der Waals surface area contributed by atoms with Crippen molar-refractivity contribution in [3.05, 3.63) is 83.2 Å². The molecule has 3 aromatic rings. The molecule has 1 aliphatic rings. The maximum absolute atomic E-state index is 12.9. The van der Waals surface area contributed by atoms with Gasteiger partial charge in [-0.3, -0.25) is 14.6 Å². The molecule has 0 radical (unpaired) electrons. The molecule has 216 valence electrons. The van der Waals surface area contributed by atoms with E-state index in [-0.39, 0.29) is 23.6 Å². The smallest absolute Gasteiger partial charge is 0.326 e. The highest BCUT2D eigenvalue weighted by Crippen LogP contribution is 2.33. The van der Waals surface area contributed by atoms with E-state index in [0.29, 0.717) is 55.0 Å². The van der Waals surface area contributed by atoms with Gasteiger partial charge < -0.3 is 25.3 Å². The molecule has 2 heterocycles. The topological polar surface area (TPSA) is 123 Å². The largest absolute Gasteiger partial charge is 0.506 e. The Balaban J connectivity index is 1.34. The van der Waals surface area contributed by atoms with Gasteiger partial charge in [0, 0.05) is 37.0 Å². The zero-order valence-electron chi connectivity index (χ0n) is 24.0. The number of carbonyl (C=O) groups excluding carboxylic acids is 2. The van der Waals surface area contributed by atoms with Crippen LogP contribution in [0.5, 0.6) is 5.75 Å². The first-order valence-corrected chi connectivity index (χ1v) is 14.0. The van der Waals surface area contributed by atoms with Crippen LogP contribution in [0, 0.1) is 0 Å². The number of carboxylic acids is 1. The number of carbonyl (C=O) groups is 3. The second-order valence-corrected chi connectivity index (χ2v) is 11.0. The van der Waals surface area contributed by atoms with Crippen LogP contribution in [-0.4, -0.2) is 63.6 Å². The van der Waals surface area contributed by atoms with Gasteiger partial charge in [-0.1, -0.05) is 26.0 Å². The number of phenols is 1. The fourth-order valence-corrected chi connectivity index (χ4v) is 5.08. The monoisotopic (exact) mass is 558 g/mol. The highest BCUT2D eigenvalue weighted by atomic mass is 16.4. The summed E-state index contributed by atoms with van der Waals surface area (Å²) in [6.07, 6.45) is 5.99. The van der Waals surface area contributed by atoms with Crippen LogP contribution in [0.4, 0.5) is 11.4 Å². The lowest BCUT2D eigenvalue weighted by atomic mass is 10.0. The molecular formula is C32H38N4O5. The number of carboxylic acid groups (broad SMARTS) is 1. The molecule has 9 heteroatoms. The summed E-state index contributed by atoms with van der Waals surface area (Å²) in [5.41, 5.74) is 4.28. The first-order chi connectivity index (χ1) is 19.5. The molecule has 2 amide bonds. The Labute approximate surface area is 240 Å². The van der Waals surface area contributed by atoms with Crippen molar-refractivity contribution >= 4 is 29.2 Å². The molecule has 41 heavy (non-hydrogen) atoms. The van der Waals surface area contributed by atoms with Crippen molar-refractivity contribution in [2.45, 2.75) is 64.5 Å². The Morgan fingerprint density at radius 1 is 1.07 bits per heavy atom. The number of likely N-dealkylation sites (tertiary alicyclic amines) is 1. The summed E-state index contributed by atoms with van der Waals surface area (Å²) in [5.74, 6) is -1.18. The first-order valence-electron chi connectivity index (χ1n) is 14.0. The fourth-order valence-electron chi connectivity index (χ4n) is 5.08. The molecular weight excluding hydrogens is 520 g/mol. The van der Waals surface area contributed by atoms with Gasteiger partial charge in [-0.2, -0.15) is 0 Å². The number of pyridine rings is 1. The third kappa shape index (κ3) is 7.03. The highest BCUT2D eigenvalue weighted by molar-refractivity contribution is 6.01. The van der Waals surface area contributed by atoms with E-state index >= 15 is 0 Å². The number of amides is 2. The van der Waals surface area contributed by atoms with Gasteiger partial charge in [0.15, 0.2) is 0 Å². The number of nitrogens with zero attached hydrogens (tertiary/aromatic N) is 3. The summed E-state index contributed by atoms with van der Waals surface area (Å²) in [6, 6.07) is 13.1. The third-order valence-electron chi connectivity index (χ3n) is 7.61. The van der Waals surface area contributed by atoms with Crippen molar-refractivity contribution in [1.82, 2.24) is 15.2 Å². The Hall–Kier alpha value is -4.40. The molecule has 2 atom stereocenters. The number of aromatic hydroxyl groups is 1. The number of aliphatic carboxylic acids is 1. The number of aryl methyl sites for hydroxylation is 1. The summed E-state index contributed by atoms with van der Waals surface area (Å²) in [5, 5.41) is 23.1. The van der Waals surface area contributed by atoms with Crippen LogP contribution >= 0.6 is 0 Å². The number of phenolic OH excluding ortho intramolecular Hbond substituents is 1. The van der Waals surface area contributed by atoms with Gasteiger partial charge >= 0.3 is 5.97 Å². The van der Waals surface area contributed by atoms with Crippen molar-refractivity contribution in [2.24, 2.45) is 0 Å². The molecule has 1 fully saturated rings. The van der Waals surface area contributed by atoms with E-state index in [4.69, 9.17) is 0 Å². The summed E-state index contributed by atoms with van der Waals surface area (Å²) in [4.78, 5) is 45.0. The van der Waals surface area contributed by atoms with E-state index in [2.05, 4.69) is 30.2 Å². The Bertz CT molecular complexity index is 1420.